The summed E-state index contributed by atoms with van der Waals surface area (Å²) < 4.78 is 7.25. The third kappa shape index (κ3) is 4.24. The fraction of sp³-hybridized carbons (Fsp3) is 0.385. The first-order valence-electron chi connectivity index (χ1n) is 10.8. The molecule has 1 aromatic heterocycles. The Balaban J connectivity index is 1.61. The molecule has 0 aliphatic carbocycles. The van der Waals surface area contributed by atoms with Crippen LogP contribution in [0.3, 0.4) is 0 Å². The number of aryl methyl sites for hydroxylation is 1. The van der Waals surface area contributed by atoms with Crippen LogP contribution < -0.4 is 5.56 Å². The van der Waals surface area contributed by atoms with Gasteiger partial charge in [0.1, 0.15) is 5.78 Å². The molecule has 3 aromatic rings. The Morgan fingerprint density at radius 1 is 1.07 bits per heavy atom. The molecule has 4 heteroatoms. The van der Waals surface area contributed by atoms with E-state index in [-0.39, 0.29) is 17.3 Å². The zero-order valence-electron chi connectivity index (χ0n) is 17.8. The van der Waals surface area contributed by atoms with Crippen molar-refractivity contribution in [1.29, 1.82) is 0 Å². The number of nitrogens with zero attached hydrogens (tertiary/aromatic N) is 1. The number of rotatable bonds is 6. The smallest absolute Gasteiger partial charge is 0.258 e. The number of ether oxygens (including phenoxy) is 1. The number of carbonyl (C=O) groups excluding carboxylic acids is 1. The van der Waals surface area contributed by atoms with Gasteiger partial charge in [0.2, 0.25) is 0 Å². The number of ketones is 1. The highest BCUT2D eigenvalue weighted by molar-refractivity contribution is 5.94. The summed E-state index contributed by atoms with van der Waals surface area (Å²) in [5, 5.41) is 1.58. The maximum Gasteiger partial charge on any atom is 0.258 e. The predicted octanol–water partition coefficient (Wildman–Crippen LogP) is 4.65. The Bertz CT molecular complexity index is 1110. The van der Waals surface area contributed by atoms with Crippen LogP contribution in [-0.2, 0) is 22.5 Å². The summed E-state index contributed by atoms with van der Waals surface area (Å²) in [4.78, 5) is 26.2. The van der Waals surface area contributed by atoms with E-state index in [9.17, 15) is 9.59 Å². The van der Waals surface area contributed by atoms with Crippen LogP contribution in [0.4, 0.5) is 0 Å². The number of pyridine rings is 1. The normalized spacial score (nSPS) is 15.9. The molecule has 0 radical (unpaired) electrons. The van der Waals surface area contributed by atoms with E-state index >= 15 is 0 Å². The molecule has 0 amide bonds. The minimum Gasteiger partial charge on any atom is -0.381 e. The molecule has 4 nitrogen and oxygen atoms in total. The number of fused-ring (bicyclic) bond motifs is 1. The summed E-state index contributed by atoms with van der Waals surface area (Å²) in [6.07, 6.45) is 4.29. The van der Waals surface area contributed by atoms with Crippen molar-refractivity contribution in [2.45, 2.75) is 45.6 Å². The maximum absolute atomic E-state index is 13.1. The predicted molar refractivity (Wildman–Crippen MR) is 120 cm³/mol. The van der Waals surface area contributed by atoms with Gasteiger partial charge in [0.05, 0.1) is 0 Å². The van der Waals surface area contributed by atoms with E-state index < -0.39 is 0 Å². The highest BCUT2D eigenvalue weighted by Crippen LogP contribution is 2.26. The Hall–Kier alpha value is -2.72. The van der Waals surface area contributed by atoms with E-state index in [1.165, 1.54) is 0 Å². The van der Waals surface area contributed by atoms with Gasteiger partial charge in [-0.15, -0.1) is 0 Å². The molecule has 0 spiro atoms. The van der Waals surface area contributed by atoms with Gasteiger partial charge in [-0.3, -0.25) is 9.59 Å². The molecule has 0 saturated carbocycles. The van der Waals surface area contributed by atoms with Crippen molar-refractivity contribution in [3.63, 3.8) is 0 Å². The van der Waals surface area contributed by atoms with Gasteiger partial charge in [-0.1, -0.05) is 43.3 Å². The van der Waals surface area contributed by atoms with E-state index in [0.29, 0.717) is 17.7 Å². The second-order valence-electron chi connectivity index (χ2n) is 8.43. The van der Waals surface area contributed by atoms with Crippen LogP contribution in [0.5, 0.6) is 0 Å². The van der Waals surface area contributed by atoms with Gasteiger partial charge in [-0.05, 0) is 59.9 Å². The Kier molecular flexibility index (Phi) is 6.14. The Labute approximate surface area is 177 Å². The summed E-state index contributed by atoms with van der Waals surface area (Å²) in [7, 11) is 0. The third-order valence-electron chi connectivity index (χ3n) is 6.42. The molecule has 30 heavy (non-hydrogen) atoms. The summed E-state index contributed by atoms with van der Waals surface area (Å²) in [5.41, 5.74) is 3.15. The molecule has 1 aliphatic heterocycles. The first-order chi connectivity index (χ1) is 14.5. The largest absolute Gasteiger partial charge is 0.381 e. The minimum absolute atomic E-state index is 0.0272. The SMILES string of the molecule is Cc1ccccc1CC(=O)C(C)c1cccc2c(=O)n(CC3CCOCC3)ccc12. The van der Waals surface area contributed by atoms with Crippen LogP contribution in [0, 0.1) is 12.8 Å². The molecule has 156 valence electrons. The van der Waals surface area contributed by atoms with Gasteiger partial charge in [0.15, 0.2) is 0 Å². The van der Waals surface area contributed by atoms with Crippen molar-refractivity contribution in [2.24, 2.45) is 5.92 Å². The van der Waals surface area contributed by atoms with Crippen molar-refractivity contribution in [2.75, 3.05) is 13.2 Å². The molecule has 1 saturated heterocycles. The number of aromatic nitrogens is 1. The van der Waals surface area contributed by atoms with Gasteiger partial charge in [0, 0.05) is 43.7 Å². The monoisotopic (exact) mass is 403 g/mol. The van der Waals surface area contributed by atoms with Crippen molar-refractivity contribution >= 4 is 16.6 Å². The summed E-state index contributed by atoms with van der Waals surface area (Å²) >= 11 is 0. The van der Waals surface area contributed by atoms with Crippen LogP contribution in [-0.4, -0.2) is 23.6 Å². The van der Waals surface area contributed by atoms with Crippen LogP contribution in [0.25, 0.3) is 10.8 Å². The summed E-state index contributed by atoms with van der Waals surface area (Å²) in [5.74, 6) is 0.383. The molecular formula is C26H29NO3. The van der Waals surface area contributed by atoms with Gasteiger partial charge in [-0.2, -0.15) is 0 Å². The van der Waals surface area contributed by atoms with E-state index in [4.69, 9.17) is 4.74 Å². The molecule has 2 aromatic carbocycles. The second-order valence-corrected chi connectivity index (χ2v) is 8.43. The molecular weight excluding hydrogens is 374 g/mol. The quantitative estimate of drug-likeness (QED) is 0.602. The zero-order chi connectivity index (χ0) is 21.1. The first kappa shape index (κ1) is 20.5. The lowest BCUT2D eigenvalue weighted by Crippen LogP contribution is -2.27. The third-order valence-corrected chi connectivity index (χ3v) is 6.42. The Morgan fingerprint density at radius 2 is 1.83 bits per heavy atom. The fourth-order valence-corrected chi connectivity index (χ4v) is 4.39. The molecule has 1 unspecified atom stereocenters. The van der Waals surface area contributed by atoms with Crippen molar-refractivity contribution in [1.82, 2.24) is 4.57 Å². The first-order valence-corrected chi connectivity index (χ1v) is 10.8. The zero-order valence-corrected chi connectivity index (χ0v) is 17.8. The van der Waals surface area contributed by atoms with Gasteiger partial charge in [0.25, 0.3) is 5.56 Å². The van der Waals surface area contributed by atoms with Crippen LogP contribution in [0.2, 0.25) is 0 Å². The average Bonchev–Trinajstić information content (AvgIpc) is 2.77. The highest BCUT2D eigenvalue weighted by atomic mass is 16.5. The van der Waals surface area contributed by atoms with Crippen LogP contribution in [0.1, 0.15) is 42.4 Å². The maximum atomic E-state index is 13.1. The Morgan fingerprint density at radius 3 is 2.60 bits per heavy atom. The summed E-state index contributed by atoms with van der Waals surface area (Å²) in [6, 6.07) is 15.8. The van der Waals surface area contributed by atoms with E-state index in [0.717, 1.165) is 54.7 Å². The standard InChI is InChI=1S/C26H29NO3/c1-18-6-3-4-7-21(18)16-25(28)19(2)22-8-5-9-24-23(22)10-13-27(26(24)29)17-20-11-14-30-15-12-20/h3-10,13,19-20H,11-12,14-17H2,1-2H3. The molecule has 4 rings (SSSR count). The highest BCUT2D eigenvalue weighted by Gasteiger charge is 2.20. The lowest BCUT2D eigenvalue weighted by atomic mass is 9.89. The van der Waals surface area contributed by atoms with E-state index in [1.54, 1.807) is 0 Å². The molecule has 1 aliphatic rings. The molecule has 1 atom stereocenters. The molecule has 1 fully saturated rings. The second kappa shape index (κ2) is 8.97. The van der Waals surface area contributed by atoms with Crippen LogP contribution >= 0.6 is 0 Å². The topological polar surface area (TPSA) is 48.3 Å². The van der Waals surface area contributed by atoms with Gasteiger partial charge < -0.3 is 9.30 Å². The fourth-order valence-electron chi connectivity index (χ4n) is 4.39. The number of carbonyl (C=O) groups is 1. The average molecular weight is 404 g/mol. The van der Waals surface area contributed by atoms with Crippen molar-refractivity contribution in [3.8, 4) is 0 Å². The molecule has 2 heterocycles. The van der Waals surface area contributed by atoms with Crippen molar-refractivity contribution in [3.05, 3.63) is 81.8 Å². The van der Waals surface area contributed by atoms with E-state index in [1.807, 2.05) is 73.1 Å². The lowest BCUT2D eigenvalue weighted by molar-refractivity contribution is -0.119. The van der Waals surface area contributed by atoms with Gasteiger partial charge in [-0.25, -0.2) is 0 Å². The number of hydrogen-bond acceptors (Lipinski definition) is 3. The lowest BCUT2D eigenvalue weighted by Gasteiger charge is -2.23. The van der Waals surface area contributed by atoms with Gasteiger partial charge >= 0.3 is 0 Å². The minimum atomic E-state index is -0.265. The van der Waals surface area contributed by atoms with Crippen molar-refractivity contribution < 1.29 is 9.53 Å². The number of hydrogen-bond donors (Lipinski definition) is 0. The number of Topliss-reactive ketones (excluding diaryl/α,β-unsaturated/α-hetero) is 1. The molecule has 0 bridgehead atoms. The van der Waals surface area contributed by atoms with Crippen LogP contribution in [0.15, 0.2) is 59.5 Å². The number of benzene rings is 2. The molecule has 0 N–H and O–H groups in total. The summed E-state index contributed by atoms with van der Waals surface area (Å²) in [6.45, 7) is 6.26. The van der Waals surface area contributed by atoms with E-state index in [2.05, 4.69) is 0 Å².